The summed E-state index contributed by atoms with van der Waals surface area (Å²) in [6.07, 6.45) is -2.66. The van der Waals surface area contributed by atoms with Crippen molar-refractivity contribution in [3.8, 4) is 11.3 Å². The molecule has 0 bridgehead atoms. The van der Waals surface area contributed by atoms with E-state index in [1.807, 2.05) is 0 Å². The topological polar surface area (TPSA) is 185 Å². The third kappa shape index (κ3) is 7.82. The zero-order valence-corrected chi connectivity index (χ0v) is 21.8. The fraction of sp³-hybridized carbons (Fsp3) is 0.385. The van der Waals surface area contributed by atoms with Crippen LogP contribution in [0.1, 0.15) is 49.7 Å². The smallest absolute Gasteiger partial charge is 0.303 e. The Kier molecular flexibility index (Phi) is 9.68. The molecule has 1 aliphatic heterocycles. The van der Waals surface area contributed by atoms with Gasteiger partial charge in [-0.2, -0.15) is 0 Å². The molecule has 2 heterocycles. The van der Waals surface area contributed by atoms with E-state index < -0.39 is 60.2 Å². The highest BCUT2D eigenvalue weighted by atomic mass is 16.6. The van der Waals surface area contributed by atoms with E-state index >= 15 is 0 Å². The number of hydrazine groups is 1. The van der Waals surface area contributed by atoms with Crippen molar-refractivity contribution >= 4 is 29.7 Å². The third-order valence-electron chi connectivity index (χ3n) is 5.70. The second-order valence-electron chi connectivity index (χ2n) is 8.82. The second kappa shape index (κ2) is 12.9. The Bertz CT molecular complexity index is 1230. The molecule has 0 spiro atoms. The van der Waals surface area contributed by atoms with Gasteiger partial charge in [-0.1, -0.05) is 18.2 Å². The second-order valence-corrected chi connectivity index (χ2v) is 8.82. The first-order valence-electron chi connectivity index (χ1n) is 12.0. The summed E-state index contributed by atoms with van der Waals surface area (Å²) in [6, 6.07) is 9.17. The summed E-state index contributed by atoms with van der Waals surface area (Å²) in [5.41, 5.74) is 12.7. The fourth-order valence-electron chi connectivity index (χ4n) is 4.03. The molecule has 208 valence electrons. The lowest BCUT2D eigenvalue weighted by Gasteiger charge is -2.44. The Morgan fingerprint density at radius 3 is 2.21 bits per heavy atom. The number of carbonyl (C=O) groups is 5. The van der Waals surface area contributed by atoms with Crippen LogP contribution in [-0.4, -0.2) is 65.7 Å². The maximum Gasteiger partial charge on any atom is 0.303 e. The summed E-state index contributed by atoms with van der Waals surface area (Å²) in [5.74, 6) is -2.78. The number of benzene rings is 1. The monoisotopic (exact) mass is 542 g/mol. The molecule has 1 aromatic carbocycles. The average molecular weight is 543 g/mol. The number of rotatable bonds is 7. The Morgan fingerprint density at radius 1 is 0.923 bits per heavy atom. The number of carbonyl (C=O) groups excluding carboxylic acids is 5. The third-order valence-corrected chi connectivity index (χ3v) is 5.70. The molecule has 1 aromatic heterocycles. The highest BCUT2D eigenvalue weighted by Crippen LogP contribution is 2.37. The van der Waals surface area contributed by atoms with Gasteiger partial charge >= 0.3 is 17.9 Å². The number of esters is 3. The number of amides is 2. The lowest BCUT2D eigenvalue weighted by molar-refractivity contribution is -0.220. The predicted molar refractivity (Wildman–Crippen MR) is 134 cm³/mol. The van der Waals surface area contributed by atoms with Crippen LogP contribution < -0.4 is 16.6 Å². The summed E-state index contributed by atoms with van der Waals surface area (Å²) < 4.78 is 22.2. The minimum atomic E-state index is -1.10. The quantitative estimate of drug-likeness (QED) is 0.254. The van der Waals surface area contributed by atoms with Crippen molar-refractivity contribution in [2.75, 3.05) is 6.61 Å². The van der Waals surface area contributed by atoms with Crippen molar-refractivity contribution in [2.45, 2.75) is 58.2 Å². The van der Waals surface area contributed by atoms with E-state index in [1.165, 1.54) is 40.0 Å². The molecule has 13 nitrogen and oxygen atoms in total. The van der Waals surface area contributed by atoms with Gasteiger partial charge in [-0.15, -0.1) is 0 Å². The van der Waals surface area contributed by atoms with Gasteiger partial charge in [0.05, 0.1) is 17.3 Å². The van der Waals surface area contributed by atoms with Gasteiger partial charge in [-0.05, 0) is 23.8 Å². The van der Waals surface area contributed by atoms with Crippen LogP contribution in [-0.2, 0) is 38.1 Å². The van der Waals surface area contributed by atoms with Crippen molar-refractivity contribution in [3.05, 3.63) is 53.7 Å². The van der Waals surface area contributed by atoms with E-state index in [2.05, 4.69) is 15.8 Å². The number of hydrogen-bond donors (Lipinski definition) is 3. The van der Waals surface area contributed by atoms with Gasteiger partial charge in [0, 0.05) is 39.5 Å². The maximum atomic E-state index is 12.1. The van der Waals surface area contributed by atoms with E-state index in [4.69, 9.17) is 24.7 Å². The molecule has 39 heavy (non-hydrogen) atoms. The van der Waals surface area contributed by atoms with E-state index in [9.17, 15) is 24.0 Å². The first-order chi connectivity index (χ1) is 18.5. The molecule has 0 unspecified atom stereocenters. The van der Waals surface area contributed by atoms with Crippen LogP contribution in [0.3, 0.4) is 0 Å². The number of aromatic nitrogens is 1. The molecule has 3 rings (SSSR count). The molecule has 1 aliphatic rings. The molecule has 4 N–H and O–H groups in total. The molecule has 5 atom stereocenters. The number of nitrogens with one attached hydrogen (secondary N) is 2. The first-order valence-corrected chi connectivity index (χ1v) is 12.0. The summed E-state index contributed by atoms with van der Waals surface area (Å²) in [5, 5.41) is 0. The highest BCUT2D eigenvalue weighted by molar-refractivity contribution is 5.95. The number of hydrogen-bond acceptors (Lipinski definition) is 11. The molecule has 0 saturated carbocycles. The number of nitrogens with two attached hydrogens (primary N) is 1. The van der Waals surface area contributed by atoms with Crippen molar-refractivity contribution in [1.82, 2.24) is 15.8 Å². The van der Waals surface area contributed by atoms with Gasteiger partial charge < -0.3 is 24.7 Å². The van der Waals surface area contributed by atoms with Gasteiger partial charge in [-0.25, -0.2) is 0 Å². The van der Waals surface area contributed by atoms with Crippen molar-refractivity contribution < 1.29 is 42.9 Å². The number of ether oxygens (including phenoxy) is 4. The SMILES string of the molecule is CC(=O)NNC(=O)c1ccc(-c2cccc([C@H]3O[C@H](COC(C)=O)[C@@H](N)[C@H](OC(C)=O)[C@@H]3OC(C)=O)c2)nc1. The largest absolute Gasteiger partial charge is 0.463 e. The maximum absolute atomic E-state index is 12.1. The lowest BCUT2D eigenvalue weighted by atomic mass is 9.88. The molecular formula is C26H30N4O9. The zero-order chi connectivity index (χ0) is 28.7. The molecule has 2 aromatic rings. The zero-order valence-electron chi connectivity index (χ0n) is 21.8. The molecule has 1 saturated heterocycles. The molecule has 1 fully saturated rings. The predicted octanol–water partition coefficient (Wildman–Crippen LogP) is 0.723. The first kappa shape index (κ1) is 29.2. The normalized spacial score (nSPS) is 22.2. The molecular weight excluding hydrogens is 512 g/mol. The van der Waals surface area contributed by atoms with Crippen molar-refractivity contribution in [1.29, 1.82) is 0 Å². The van der Waals surface area contributed by atoms with Crippen molar-refractivity contribution in [3.63, 3.8) is 0 Å². The van der Waals surface area contributed by atoms with Crippen LogP contribution >= 0.6 is 0 Å². The van der Waals surface area contributed by atoms with Gasteiger partial charge in [0.25, 0.3) is 5.91 Å². The molecule has 2 amide bonds. The molecule has 13 heteroatoms. The van der Waals surface area contributed by atoms with E-state index in [0.29, 0.717) is 16.8 Å². The van der Waals surface area contributed by atoms with Gasteiger partial charge in [0.15, 0.2) is 12.2 Å². The molecule has 0 aliphatic carbocycles. The Labute approximate surface area is 224 Å². The summed E-state index contributed by atoms with van der Waals surface area (Å²) >= 11 is 0. The Morgan fingerprint density at radius 2 is 1.62 bits per heavy atom. The van der Waals surface area contributed by atoms with Crippen LogP contribution in [0.4, 0.5) is 0 Å². The standard InChI is InChI=1S/C26H30N4O9/c1-13(31)29-30-26(35)19-8-9-20(28-11-19)17-6-5-7-18(10-17)23-25(38-16(4)34)24(37-15(3)33)22(27)21(39-23)12-36-14(2)32/h5-11,21-25H,12,27H2,1-4H3,(H,29,31)(H,30,35)/t21-,22-,23-,24+,25-/m1/s1. The van der Waals surface area contributed by atoms with Crippen LogP contribution in [0.25, 0.3) is 11.3 Å². The minimum absolute atomic E-state index is 0.208. The highest BCUT2D eigenvalue weighted by Gasteiger charge is 2.49. The molecule has 0 radical (unpaired) electrons. The Hall–Kier alpha value is -4.36. The number of pyridine rings is 1. The average Bonchev–Trinajstić information content (AvgIpc) is 2.88. The summed E-state index contributed by atoms with van der Waals surface area (Å²) in [4.78, 5) is 62.8. The van der Waals surface area contributed by atoms with Crippen molar-refractivity contribution in [2.24, 2.45) is 5.73 Å². The van der Waals surface area contributed by atoms with E-state index in [-0.39, 0.29) is 12.2 Å². The summed E-state index contributed by atoms with van der Waals surface area (Å²) in [7, 11) is 0. The van der Waals surface area contributed by atoms with Crippen LogP contribution in [0.5, 0.6) is 0 Å². The van der Waals surface area contributed by atoms with Gasteiger partial charge in [0.2, 0.25) is 5.91 Å². The minimum Gasteiger partial charge on any atom is -0.463 e. The van der Waals surface area contributed by atoms with E-state index in [1.54, 1.807) is 30.3 Å². The Balaban J connectivity index is 1.94. The van der Waals surface area contributed by atoms with E-state index in [0.717, 1.165) is 0 Å². The van der Waals surface area contributed by atoms with Gasteiger partial charge in [-0.3, -0.25) is 39.8 Å². The van der Waals surface area contributed by atoms with Gasteiger partial charge in [0.1, 0.15) is 18.8 Å². The van der Waals surface area contributed by atoms with Crippen LogP contribution in [0.2, 0.25) is 0 Å². The summed E-state index contributed by atoms with van der Waals surface area (Å²) in [6.45, 7) is 4.71. The van der Waals surface area contributed by atoms with Crippen LogP contribution in [0.15, 0.2) is 42.6 Å². The number of nitrogens with zero attached hydrogens (tertiary/aromatic N) is 1. The fourth-order valence-corrected chi connectivity index (χ4v) is 4.03. The lowest BCUT2D eigenvalue weighted by Crippen LogP contribution is -2.61. The van der Waals surface area contributed by atoms with Crippen LogP contribution in [0, 0.1) is 0 Å².